The van der Waals surface area contributed by atoms with E-state index in [1.165, 1.54) is 0 Å². The highest BCUT2D eigenvalue weighted by Gasteiger charge is 2.25. The summed E-state index contributed by atoms with van der Waals surface area (Å²) in [5.74, 6) is 1.93. The highest BCUT2D eigenvalue weighted by Crippen LogP contribution is 2.16. The minimum atomic E-state index is -0.0422. The predicted octanol–water partition coefficient (Wildman–Crippen LogP) is 1.87. The van der Waals surface area contributed by atoms with Crippen LogP contribution in [-0.2, 0) is 6.54 Å². The molecule has 0 aromatic carbocycles. The van der Waals surface area contributed by atoms with E-state index in [0.29, 0.717) is 24.8 Å². The summed E-state index contributed by atoms with van der Waals surface area (Å²) in [6, 6.07) is 5.49. The molecule has 1 aliphatic rings. The molecule has 1 saturated heterocycles. The number of rotatable bonds is 6. The van der Waals surface area contributed by atoms with E-state index in [1.807, 2.05) is 11.0 Å². The molecular formula is C18H25N5O2. The minimum absolute atomic E-state index is 0.0422. The highest BCUT2D eigenvalue weighted by molar-refractivity contribution is 5.91. The fraction of sp³-hybridized carbons (Fsp3) is 0.500. The van der Waals surface area contributed by atoms with Gasteiger partial charge in [-0.1, -0.05) is 13.8 Å². The Morgan fingerprint density at radius 1 is 1.12 bits per heavy atom. The summed E-state index contributed by atoms with van der Waals surface area (Å²) in [4.78, 5) is 27.4. The largest absolute Gasteiger partial charge is 0.455 e. The van der Waals surface area contributed by atoms with E-state index < -0.39 is 0 Å². The van der Waals surface area contributed by atoms with Gasteiger partial charge in [0.25, 0.3) is 5.91 Å². The summed E-state index contributed by atoms with van der Waals surface area (Å²) in [6.07, 6.45) is 3.47. The Morgan fingerprint density at radius 2 is 1.80 bits per heavy atom. The third-order valence-electron chi connectivity index (χ3n) is 4.55. The summed E-state index contributed by atoms with van der Waals surface area (Å²) in [5, 5.41) is 0. The molecule has 1 aliphatic heterocycles. The smallest absolute Gasteiger partial charge is 0.289 e. The number of carbonyl (C=O) groups excluding carboxylic acids is 1. The molecule has 3 heterocycles. The zero-order chi connectivity index (χ0) is 17.6. The average molecular weight is 343 g/mol. The molecular weight excluding hydrogens is 318 g/mol. The lowest BCUT2D eigenvalue weighted by molar-refractivity contribution is 0.0710. The summed E-state index contributed by atoms with van der Waals surface area (Å²) >= 11 is 0. The van der Waals surface area contributed by atoms with Gasteiger partial charge in [0, 0.05) is 38.6 Å². The summed E-state index contributed by atoms with van der Waals surface area (Å²) in [6.45, 7) is 9.63. The number of furan rings is 1. The third kappa shape index (κ3) is 4.17. The van der Waals surface area contributed by atoms with Crippen LogP contribution >= 0.6 is 0 Å². The van der Waals surface area contributed by atoms with Crippen molar-refractivity contribution in [1.29, 1.82) is 0 Å². The quantitative estimate of drug-likeness (QED) is 0.798. The summed E-state index contributed by atoms with van der Waals surface area (Å²) in [5.41, 5.74) is 0. The number of hydrogen-bond acceptors (Lipinski definition) is 6. The van der Waals surface area contributed by atoms with E-state index in [9.17, 15) is 4.79 Å². The van der Waals surface area contributed by atoms with Crippen LogP contribution in [0.4, 0.5) is 5.95 Å². The molecule has 2 aromatic rings. The summed E-state index contributed by atoms with van der Waals surface area (Å²) < 4.78 is 5.77. The molecule has 0 saturated carbocycles. The number of carbonyl (C=O) groups is 1. The molecule has 7 heteroatoms. The van der Waals surface area contributed by atoms with Gasteiger partial charge < -0.3 is 14.2 Å². The Bertz CT molecular complexity index is 676. The van der Waals surface area contributed by atoms with Gasteiger partial charge in [-0.15, -0.1) is 0 Å². The Hall–Kier alpha value is -2.41. The highest BCUT2D eigenvalue weighted by atomic mass is 16.4. The molecule has 25 heavy (non-hydrogen) atoms. The number of anilines is 1. The van der Waals surface area contributed by atoms with Crippen LogP contribution in [0, 0.1) is 0 Å². The monoisotopic (exact) mass is 343 g/mol. The van der Waals surface area contributed by atoms with Crippen LogP contribution in [0.15, 0.2) is 35.0 Å². The Kier molecular flexibility index (Phi) is 5.65. The first-order chi connectivity index (χ1) is 12.2. The molecule has 1 amide bonds. The Labute approximate surface area is 148 Å². The first-order valence-corrected chi connectivity index (χ1v) is 8.83. The van der Waals surface area contributed by atoms with E-state index in [1.54, 1.807) is 24.5 Å². The lowest BCUT2D eigenvalue weighted by Crippen LogP contribution is -2.49. The minimum Gasteiger partial charge on any atom is -0.455 e. The van der Waals surface area contributed by atoms with Gasteiger partial charge in [-0.25, -0.2) is 9.97 Å². The van der Waals surface area contributed by atoms with Gasteiger partial charge in [0.15, 0.2) is 5.76 Å². The number of aromatic nitrogens is 2. The van der Waals surface area contributed by atoms with Crippen LogP contribution in [0.3, 0.4) is 0 Å². The molecule has 3 rings (SSSR count). The van der Waals surface area contributed by atoms with Gasteiger partial charge in [0.1, 0.15) is 5.76 Å². The van der Waals surface area contributed by atoms with Crippen molar-refractivity contribution in [2.24, 2.45) is 0 Å². The standard InChI is InChI=1S/C18H25N5O2/c1-3-21(4-2)14-15-6-7-16(25-15)17(24)22-10-12-23(13-11-22)18-19-8-5-9-20-18/h5-9H,3-4,10-14H2,1-2H3. The molecule has 0 unspecified atom stereocenters. The molecule has 1 fully saturated rings. The normalized spacial score (nSPS) is 15.0. The molecule has 0 bridgehead atoms. The number of nitrogens with zero attached hydrogens (tertiary/aromatic N) is 5. The molecule has 2 aromatic heterocycles. The Morgan fingerprint density at radius 3 is 2.44 bits per heavy atom. The lowest BCUT2D eigenvalue weighted by atomic mass is 10.3. The van der Waals surface area contributed by atoms with Crippen molar-refractivity contribution in [1.82, 2.24) is 19.8 Å². The van der Waals surface area contributed by atoms with Crippen LogP contribution in [0.2, 0.25) is 0 Å². The lowest BCUT2D eigenvalue weighted by Gasteiger charge is -2.34. The molecule has 7 nitrogen and oxygen atoms in total. The maximum absolute atomic E-state index is 12.6. The fourth-order valence-corrected chi connectivity index (χ4v) is 2.97. The average Bonchev–Trinajstić information content (AvgIpc) is 3.15. The van der Waals surface area contributed by atoms with E-state index >= 15 is 0 Å². The first kappa shape index (κ1) is 17.4. The van der Waals surface area contributed by atoms with Crippen molar-refractivity contribution in [3.63, 3.8) is 0 Å². The van der Waals surface area contributed by atoms with Crippen molar-refractivity contribution in [3.8, 4) is 0 Å². The fourth-order valence-electron chi connectivity index (χ4n) is 2.97. The molecule has 0 spiro atoms. The van der Waals surface area contributed by atoms with E-state index in [2.05, 4.69) is 33.6 Å². The van der Waals surface area contributed by atoms with Gasteiger partial charge in [-0.3, -0.25) is 9.69 Å². The van der Waals surface area contributed by atoms with Gasteiger partial charge in [0.05, 0.1) is 6.54 Å². The second-order valence-corrected chi connectivity index (χ2v) is 6.06. The number of hydrogen-bond donors (Lipinski definition) is 0. The molecule has 0 atom stereocenters. The van der Waals surface area contributed by atoms with E-state index in [0.717, 1.165) is 38.5 Å². The van der Waals surface area contributed by atoms with Crippen LogP contribution in [0.5, 0.6) is 0 Å². The van der Waals surface area contributed by atoms with Gasteiger partial charge in [-0.2, -0.15) is 0 Å². The van der Waals surface area contributed by atoms with Gasteiger partial charge in [-0.05, 0) is 31.3 Å². The maximum Gasteiger partial charge on any atom is 0.289 e. The summed E-state index contributed by atoms with van der Waals surface area (Å²) in [7, 11) is 0. The molecule has 134 valence electrons. The number of amides is 1. The zero-order valence-corrected chi connectivity index (χ0v) is 14.9. The van der Waals surface area contributed by atoms with Crippen molar-refractivity contribution in [2.45, 2.75) is 20.4 Å². The van der Waals surface area contributed by atoms with Crippen LogP contribution < -0.4 is 4.90 Å². The van der Waals surface area contributed by atoms with Crippen LogP contribution in [-0.4, -0.2) is 64.9 Å². The topological polar surface area (TPSA) is 65.7 Å². The predicted molar refractivity (Wildman–Crippen MR) is 95.5 cm³/mol. The zero-order valence-electron chi connectivity index (χ0n) is 14.9. The van der Waals surface area contributed by atoms with Gasteiger partial charge in [0.2, 0.25) is 5.95 Å². The molecule has 0 radical (unpaired) electrons. The molecule has 0 N–H and O–H groups in total. The SMILES string of the molecule is CCN(CC)Cc1ccc(C(=O)N2CCN(c3ncccn3)CC2)o1. The van der Waals surface area contributed by atoms with Crippen molar-refractivity contribution >= 4 is 11.9 Å². The second kappa shape index (κ2) is 8.11. The van der Waals surface area contributed by atoms with Crippen LogP contribution in [0.25, 0.3) is 0 Å². The van der Waals surface area contributed by atoms with Crippen LogP contribution in [0.1, 0.15) is 30.2 Å². The van der Waals surface area contributed by atoms with Crippen molar-refractivity contribution in [2.75, 3.05) is 44.2 Å². The maximum atomic E-state index is 12.6. The number of piperazine rings is 1. The van der Waals surface area contributed by atoms with E-state index in [-0.39, 0.29) is 5.91 Å². The van der Waals surface area contributed by atoms with Crippen molar-refractivity contribution < 1.29 is 9.21 Å². The second-order valence-electron chi connectivity index (χ2n) is 6.06. The van der Waals surface area contributed by atoms with E-state index in [4.69, 9.17) is 4.42 Å². The molecule has 0 aliphatic carbocycles. The van der Waals surface area contributed by atoms with Crippen molar-refractivity contribution in [3.05, 3.63) is 42.1 Å². The Balaban J connectivity index is 1.57. The van der Waals surface area contributed by atoms with Gasteiger partial charge >= 0.3 is 0 Å². The third-order valence-corrected chi connectivity index (χ3v) is 4.55. The first-order valence-electron chi connectivity index (χ1n) is 8.83.